The monoisotopic (exact) mass is 261 g/mol. The largest absolute Gasteiger partial charge is 0.316 e. The van der Waals surface area contributed by atoms with Crippen LogP contribution in [-0.4, -0.2) is 7.05 Å². The van der Waals surface area contributed by atoms with Gasteiger partial charge >= 0.3 is 0 Å². The van der Waals surface area contributed by atoms with Gasteiger partial charge in [0.15, 0.2) is 0 Å². The van der Waals surface area contributed by atoms with E-state index in [1.807, 2.05) is 7.05 Å². The van der Waals surface area contributed by atoms with E-state index in [0.717, 1.165) is 6.54 Å². The van der Waals surface area contributed by atoms with Crippen LogP contribution in [0.3, 0.4) is 0 Å². The maximum absolute atomic E-state index is 3.21. The topological polar surface area (TPSA) is 12.0 Å². The van der Waals surface area contributed by atoms with E-state index in [2.05, 4.69) is 72.9 Å². The molecule has 0 fully saturated rings. The zero-order valence-corrected chi connectivity index (χ0v) is 12.0. The summed E-state index contributed by atoms with van der Waals surface area (Å²) in [5.74, 6) is 0. The third kappa shape index (κ3) is 2.45. The molecule has 0 atom stereocenters. The lowest BCUT2D eigenvalue weighted by atomic mass is 9.96. The van der Waals surface area contributed by atoms with Crippen LogP contribution in [0.25, 0.3) is 21.9 Å². The van der Waals surface area contributed by atoms with Crippen LogP contribution in [0.4, 0.5) is 0 Å². The van der Waals surface area contributed by atoms with Crippen LogP contribution in [0.15, 0.2) is 60.7 Å². The molecule has 0 amide bonds. The maximum Gasteiger partial charge on any atom is 0.0202 e. The van der Waals surface area contributed by atoms with Crippen molar-refractivity contribution >= 4 is 10.8 Å². The van der Waals surface area contributed by atoms with E-state index in [0.29, 0.717) is 0 Å². The molecule has 3 aromatic carbocycles. The molecule has 3 rings (SSSR count). The van der Waals surface area contributed by atoms with Crippen molar-refractivity contribution in [1.29, 1.82) is 0 Å². The minimum absolute atomic E-state index is 0.904. The lowest BCUT2D eigenvalue weighted by Gasteiger charge is -2.10. The molecule has 20 heavy (non-hydrogen) atoms. The van der Waals surface area contributed by atoms with Crippen LogP contribution in [0, 0.1) is 6.92 Å². The molecule has 100 valence electrons. The summed E-state index contributed by atoms with van der Waals surface area (Å²) in [5.41, 5.74) is 5.25. The van der Waals surface area contributed by atoms with Gasteiger partial charge in [-0.3, -0.25) is 0 Å². The fourth-order valence-electron chi connectivity index (χ4n) is 2.65. The highest BCUT2D eigenvalue weighted by Crippen LogP contribution is 2.28. The molecule has 0 unspecified atom stereocenters. The zero-order valence-electron chi connectivity index (χ0n) is 12.0. The van der Waals surface area contributed by atoms with E-state index >= 15 is 0 Å². The number of benzene rings is 3. The Morgan fingerprint density at radius 2 is 1.65 bits per heavy atom. The second kappa shape index (κ2) is 5.48. The number of nitrogens with one attached hydrogen (secondary N) is 1. The van der Waals surface area contributed by atoms with Crippen molar-refractivity contribution in [3.8, 4) is 11.1 Å². The van der Waals surface area contributed by atoms with E-state index < -0.39 is 0 Å². The predicted octanol–water partition coefficient (Wildman–Crippen LogP) is 4.53. The van der Waals surface area contributed by atoms with Gasteiger partial charge in [0.1, 0.15) is 0 Å². The third-order valence-electron chi connectivity index (χ3n) is 3.74. The first-order valence-electron chi connectivity index (χ1n) is 7.01. The average Bonchev–Trinajstić information content (AvgIpc) is 2.49. The lowest BCUT2D eigenvalue weighted by Crippen LogP contribution is -2.05. The van der Waals surface area contributed by atoms with E-state index in [-0.39, 0.29) is 0 Å². The van der Waals surface area contributed by atoms with Gasteiger partial charge in [-0.1, -0.05) is 48.5 Å². The molecular weight excluding hydrogens is 242 g/mol. The van der Waals surface area contributed by atoms with Gasteiger partial charge in [-0.2, -0.15) is 0 Å². The third-order valence-corrected chi connectivity index (χ3v) is 3.74. The first-order valence-corrected chi connectivity index (χ1v) is 7.01. The van der Waals surface area contributed by atoms with Crippen molar-refractivity contribution in [3.05, 3.63) is 71.8 Å². The summed E-state index contributed by atoms with van der Waals surface area (Å²) in [7, 11) is 1.98. The minimum atomic E-state index is 0.904. The molecule has 1 N–H and O–H groups in total. The van der Waals surface area contributed by atoms with Crippen LogP contribution < -0.4 is 5.32 Å². The summed E-state index contributed by atoms with van der Waals surface area (Å²) >= 11 is 0. The molecule has 1 heteroatoms. The summed E-state index contributed by atoms with van der Waals surface area (Å²) in [6.07, 6.45) is 0. The van der Waals surface area contributed by atoms with Crippen LogP contribution >= 0.6 is 0 Å². The number of hydrogen-bond donors (Lipinski definition) is 1. The molecule has 0 saturated heterocycles. The van der Waals surface area contributed by atoms with Crippen LogP contribution in [0.5, 0.6) is 0 Å². The van der Waals surface area contributed by atoms with Crippen molar-refractivity contribution in [3.63, 3.8) is 0 Å². The molecule has 3 aromatic rings. The highest BCUT2D eigenvalue weighted by Gasteiger charge is 2.04. The van der Waals surface area contributed by atoms with Crippen LogP contribution in [-0.2, 0) is 6.54 Å². The summed E-state index contributed by atoms with van der Waals surface area (Å²) in [6, 6.07) is 21.9. The summed E-state index contributed by atoms with van der Waals surface area (Å²) in [4.78, 5) is 0. The first-order chi connectivity index (χ1) is 9.78. The second-order valence-corrected chi connectivity index (χ2v) is 5.24. The average molecular weight is 261 g/mol. The SMILES string of the molecule is CNCc1ccc(C)c(-c2ccc3ccccc3c2)c1. The minimum Gasteiger partial charge on any atom is -0.316 e. The van der Waals surface area contributed by atoms with Crippen molar-refractivity contribution in [2.24, 2.45) is 0 Å². The second-order valence-electron chi connectivity index (χ2n) is 5.24. The van der Waals surface area contributed by atoms with Crippen molar-refractivity contribution in [2.75, 3.05) is 7.05 Å². The number of hydrogen-bond acceptors (Lipinski definition) is 1. The maximum atomic E-state index is 3.21. The Morgan fingerprint density at radius 1 is 0.850 bits per heavy atom. The predicted molar refractivity (Wildman–Crippen MR) is 86.9 cm³/mol. The van der Waals surface area contributed by atoms with Gasteiger partial charge in [0.25, 0.3) is 0 Å². The van der Waals surface area contributed by atoms with Gasteiger partial charge in [-0.15, -0.1) is 0 Å². The lowest BCUT2D eigenvalue weighted by molar-refractivity contribution is 0.818. The smallest absolute Gasteiger partial charge is 0.0202 e. The molecule has 0 spiro atoms. The van der Waals surface area contributed by atoms with Crippen molar-refractivity contribution in [1.82, 2.24) is 5.32 Å². The quantitative estimate of drug-likeness (QED) is 0.730. The van der Waals surface area contributed by atoms with Gasteiger partial charge in [0, 0.05) is 6.54 Å². The summed E-state index contributed by atoms with van der Waals surface area (Å²) < 4.78 is 0. The van der Waals surface area contributed by atoms with E-state index in [9.17, 15) is 0 Å². The Balaban J connectivity index is 2.12. The Bertz CT molecular complexity index is 744. The Kier molecular flexibility index (Phi) is 3.53. The number of rotatable bonds is 3. The van der Waals surface area contributed by atoms with Crippen LogP contribution in [0.1, 0.15) is 11.1 Å². The Labute approximate surface area is 120 Å². The highest BCUT2D eigenvalue weighted by molar-refractivity contribution is 5.87. The molecule has 0 aromatic heterocycles. The molecule has 0 aliphatic carbocycles. The van der Waals surface area contributed by atoms with Gasteiger partial charge in [0.05, 0.1) is 0 Å². The van der Waals surface area contributed by atoms with Gasteiger partial charge in [-0.05, 0) is 59.1 Å². The number of aryl methyl sites for hydroxylation is 1. The van der Waals surface area contributed by atoms with Gasteiger partial charge in [0.2, 0.25) is 0 Å². The van der Waals surface area contributed by atoms with E-state index in [4.69, 9.17) is 0 Å². The van der Waals surface area contributed by atoms with Gasteiger partial charge < -0.3 is 5.32 Å². The standard InChI is InChI=1S/C19H19N/c1-14-7-8-15(13-20-2)11-19(14)18-10-9-16-5-3-4-6-17(16)12-18/h3-12,20H,13H2,1-2H3. The molecule has 0 saturated carbocycles. The Morgan fingerprint density at radius 3 is 2.45 bits per heavy atom. The van der Waals surface area contributed by atoms with E-state index in [1.54, 1.807) is 0 Å². The molecular formula is C19H19N. The molecule has 0 radical (unpaired) electrons. The fourth-order valence-corrected chi connectivity index (χ4v) is 2.65. The Hall–Kier alpha value is -2.12. The van der Waals surface area contributed by atoms with Gasteiger partial charge in [-0.25, -0.2) is 0 Å². The van der Waals surface area contributed by atoms with Crippen molar-refractivity contribution in [2.45, 2.75) is 13.5 Å². The molecule has 0 aliphatic heterocycles. The normalized spacial score (nSPS) is 10.9. The molecule has 1 nitrogen and oxygen atoms in total. The summed E-state index contributed by atoms with van der Waals surface area (Å²) in [6.45, 7) is 3.08. The molecule has 0 aliphatic rings. The van der Waals surface area contributed by atoms with Crippen molar-refractivity contribution < 1.29 is 0 Å². The van der Waals surface area contributed by atoms with E-state index in [1.165, 1.54) is 33.0 Å². The zero-order chi connectivity index (χ0) is 13.9. The molecule has 0 bridgehead atoms. The fraction of sp³-hybridized carbons (Fsp3) is 0.158. The first kappa shape index (κ1) is 12.9. The highest BCUT2D eigenvalue weighted by atomic mass is 14.8. The van der Waals surface area contributed by atoms with Crippen LogP contribution in [0.2, 0.25) is 0 Å². The number of fused-ring (bicyclic) bond motifs is 1. The summed E-state index contributed by atoms with van der Waals surface area (Å²) in [5, 5.41) is 5.80. The molecule has 0 heterocycles.